The van der Waals surface area contributed by atoms with Gasteiger partial charge in [-0.3, -0.25) is 0 Å². The number of benzene rings is 1. The lowest BCUT2D eigenvalue weighted by atomic mass is 9.95. The van der Waals surface area contributed by atoms with Crippen molar-refractivity contribution in [2.24, 2.45) is 11.8 Å². The van der Waals surface area contributed by atoms with Crippen LogP contribution in [0.25, 0.3) is 0 Å². The molecule has 1 aromatic carbocycles. The average Bonchev–Trinajstić information content (AvgIpc) is 2.90. The van der Waals surface area contributed by atoms with Gasteiger partial charge in [-0.2, -0.15) is 0 Å². The van der Waals surface area contributed by atoms with E-state index in [2.05, 4.69) is 36.5 Å². The molecule has 16 heavy (non-hydrogen) atoms. The summed E-state index contributed by atoms with van der Waals surface area (Å²) in [5.74, 6) is 2.02. The molecule has 1 aromatic rings. The van der Waals surface area contributed by atoms with E-state index in [9.17, 15) is 0 Å². The molecule has 2 fully saturated rings. The number of hydrogen-bond donors (Lipinski definition) is 1. The molecule has 2 saturated carbocycles. The zero-order valence-electron chi connectivity index (χ0n) is 10.1. The van der Waals surface area contributed by atoms with E-state index in [4.69, 9.17) is 0 Å². The van der Waals surface area contributed by atoms with Crippen LogP contribution in [0.1, 0.15) is 36.8 Å². The van der Waals surface area contributed by atoms with Gasteiger partial charge in [0.25, 0.3) is 0 Å². The Morgan fingerprint density at radius 2 is 2.06 bits per heavy atom. The molecule has 1 heteroatoms. The normalized spacial score (nSPS) is 32.2. The third-order valence-electron chi connectivity index (χ3n) is 4.55. The lowest BCUT2D eigenvalue weighted by Crippen LogP contribution is -2.33. The van der Waals surface area contributed by atoms with Crippen LogP contribution < -0.4 is 5.32 Å². The minimum absolute atomic E-state index is 0.804. The lowest BCUT2D eigenvalue weighted by Gasteiger charge is -2.23. The van der Waals surface area contributed by atoms with E-state index >= 15 is 0 Å². The minimum Gasteiger partial charge on any atom is -0.310 e. The first-order valence-electron chi connectivity index (χ1n) is 6.61. The van der Waals surface area contributed by atoms with E-state index in [1.165, 1.54) is 36.8 Å². The predicted octanol–water partition coefficient (Wildman–Crippen LogP) is 3.27. The van der Waals surface area contributed by atoms with Crippen molar-refractivity contribution in [3.63, 3.8) is 0 Å². The molecule has 0 radical (unpaired) electrons. The predicted molar refractivity (Wildman–Crippen MR) is 67.3 cm³/mol. The average molecular weight is 215 g/mol. The van der Waals surface area contributed by atoms with Gasteiger partial charge in [-0.15, -0.1) is 0 Å². The molecule has 2 aliphatic rings. The molecule has 0 spiro atoms. The molecular weight excluding hydrogens is 194 g/mol. The molecular formula is C15H21N. The number of rotatable bonds is 3. The van der Waals surface area contributed by atoms with Crippen molar-refractivity contribution in [3.8, 4) is 0 Å². The quantitative estimate of drug-likeness (QED) is 0.816. The topological polar surface area (TPSA) is 12.0 Å². The zero-order valence-corrected chi connectivity index (χ0v) is 10.1. The molecule has 0 heterocycles. The Balaban J connectivity index is 1.59. The van der Waals surface area contributed by atoms with Crippen LogP contribution in [-0.4, -0.2) is 6.04 Å². The standard InChI is InChI=1S/C15H21N/c1-11-4-2-3-5-14(11)10-16-15-9-12-6-7-13(15)8-12/h2-5,12-13,15-16H,6-10H2,1H3. The first-order chi connectivity index (χ1) is 7.83. The van der Waals surface area contributed by atoms with Crippen molar-refractivity contribution in [1.82, 2.24) is 5.32 Å². The lowest BCUT2D eigenvalue weighted by molar-refractivity contribution is 0.350. The number of hydrogen-bond acceptors (Lipinski definition) is 1. The van der Waals surface area contributed by atoms with Crippen molar-refractivity contribution in [3.05, 3.63) is 35.4 Å². The van der Waals surface area contributed by atoms with Gasteiger partial charge in [-0.05, 0) is 49.1 Å². The molecule has 0 aliphatic heterocycles. The van der Waals surface area contributed by atoms with Crippen molar-refractivity contribution in [2.45, 2.75) is 45.2 Å². The molecule has 3 rings (SSSR count). The van der Waals surface area contributed by atoms with Gasteiger partial charge in [0.15, 0.2) is 0 Å². The second-order valence-electron chi connectivity index (χ2n) is 5.59. The first kappa shape index (κ1) is 10.3. The summed E-state index contributed by atoms with van der Waals surface area (Å²) in [6, 6.07) is 9.52. The van der Waals surface area contributed by atoms with Gasteiger partial charge in [0.2, 0.25) is 0 Å². The van der Waals surface area contributed by atoms with Crippen molar-refractivity contribution < 1.29 is 0 Å². The molecule has 86 valence electrons. The molecule has 1 nitrogen and oxygen atoms in total. The highest BCUT2D eigenvalue weighted by atomic mass is 14.9. The van der Waals surface area contributed by atoms with Crippen LogP contribution in [0.5, 0.6) is 0 Å². The van der Waals surface area contributed by atoms with Gasteiger partial charge < -0.3 is 5.32 Å². The number of fused-ring (bicyclic) bond motifs is 2. The van der Waals surface area contributed by atoms with Crippen molar-refractivity contribution >= 4 is 0 Å². The van der Waals surface area contributed by atoms with Gasteiger partial charge in [0, 0.05) is 12.6 Å². The maximum absolute atomic E-state index is 3.77. The SMILES string of the molecule is Cc1ccccc1CNC1CC2CCC1C2. The first-order valence-corrected chi connectivity index (χ1v) is 6.61. The monoisotopic (exact) mass is 215 g/mol. The third-order valence-corrected chi connectivity index (χ3v) is 4.55. The number of nitrogens with one attached hydrogen (secondary N) is 1. The summed E-state index contributed by atoms with van der Waals surface area (Å²) < 4.78 is 0. The Labute approximate surface area is 98.3 Å². The van der Waals surface area contributed by atoms with E-state index in [0.29, 0.717) is 0 Å². The highest BCUT2D eigenvalue weighted by Crippen LogP contribution is 2.44. The van der Waals surface area contributed by atoms with E-state index in [1.807, 2.05) is 0 Å². The molecule has 3 atom stereocenters. The van der Waals surface area contributed by atoms with Crippen LogP contribution in [0.4, 0.5) is 0 Å². The van der Waals surface area contributed by atoms with E-state index in [1.54, 1.807) is 0 Å². The van der Waals surface area contributed by atoms with Crippen LogP contribution in [0.3, 0.4) is 0 Å². The maximum atomic E-state index is 3.77. The molecule has 3 unspecified atom stereocenters. The van der Waals surface area contributed by atoms with Gasteiger partial charge in [-0.25, -0.2) is 0 Å². The molecule has 2 bridgehead atoms. The van der Waals surface area contributed by atoms with Crippen LogP contribution in [0, 0.1) is 18.8 Å². The Kier molecular flexibility index (Phi) is 2.72. The van der Waals surface area contributed by atoms with Gasteiger partial charge in [0.05, 0.1) is 0 Å². The fourth-order valence-corrected chi connectivity index (χ4v) is 3.54. The smallest absolute Gasteiger partial charge is 0.0210 e. The Morgan fingerprint density at radius 1 is 1.19 bits per heavy atom. The second-order valence-corrected chi connectivity index (χ2v) is 5.59. The Bertz CT molecular complexity index is 371. The molecule has 0 saturated heterocycles. The van der Waals surface area contributed by atoms with Crippen molar-refractivity contribution in [1.29, 1.82) is 0 Å². The fourth-order valence-electron chi connectivity index (χ4n) is 3.54. The summed E-state index contributed by atoms with van der Waals surface area (Å²) >= 11 is 0. The molecule has 2 aliphatic carbocycles. The summed E-state index contributed by atoms with van der Waals surface area (Å²) in [6.07, 6.45) is 5.88. The van der Waals surface area contributed by atoms with Crippen LogP contribution in [-0.2, 0) is 6.54 Å². The van der Waals surface area contributed by atoms with Gasteiger partial charge in [0.1, 0.15) is 0 Å². The minimum atomic E-state index is 0.804. The third kappa shape index (κ3) is 1.89. The van der Waals surface area contributed by atoms with Crippen molar-refractivity contribution in [2.75, 3.05) is 0 Å². The van der Waals surface area contributed by atoms with Crippen LogP contribution in [0.15, 0.2) is 24.3 Å². The highest BCUT2D eigenvalue weighted by molar-refractivity contribution is 5.25. The maximum Gasteiger partial charge on any atom is 0.0210 e. The fraction of sp³-hybridized carbons (Fsp3) is 0.600. The molecule has 0 aromatic heterocycles. The summed E-state index contributed by atoms with van der Waals surface area (Å²) in [7, 11) is 0. The second kappa shape index (κ2) is 4.21. The highest BCUT2D eigenvalue weighted by Gasteiger charge is 2.38. The summed E-state index contributed by atoms with van der Waals surface area (Å²) in [4.78, 5) is 0. The van der Waals surface area contributed by atoms with E-state index < -0.39 is 0 Å². The molecule has 1 N–H and O–H groups in total. The zero-order chi connectivity index (χ0) is 11.0. The molecule has 0 amide bonds. The van der Waals surface area contributed by atoms with Gasteiger partial charge >= 0.3 is 0 Å². The van der Waals surface area contributed by atoms with Crippen LogP contribution in [0.2, 0.25) is 0 Å². The van der Waals surface area contributed by atoms with E-state index in [-0.39, 0.29) is 0 Å². The largest absolute Gasteiger partial charge is 0.310 e. The number of aryl methyl sites for hydroxylation is 1. The Hall–Kier alpha value is -0.820. The van der Waals surface area contributed by atoms with E-state index in [0.717, 1.165) is 24.4 Å². The van der Waals surface area contributed by atoms with Crippen LogP contribution >= 0.6 is 0 Å². The summed E-state index contributed by atoms with van der Waals surface area (Å²) in [6.45, 7) is 3.26. The summed E-state index contributed by atoms with van der Waals surface area (Å²) in [5.41, 5.74) is 2.88. The summed E-state index contributed by atoms with van der Waals surface area (Å²) in [5, 5.41) is 3.77. The Morgan fingerprint density at radius 3 is 2.75 bits per heavy atom. The van der Waals surface area contributed by atoms with Gasteiger partial charge in [-0.1, -0.05) is 30.7 Å².